The summed E-state index contributed by atoms with van der Waals surface area (Å²) in [6.07, 6.45) is 3.41. The van der Waals surface area contributed by atoms with Gasteiger partial charge >= 0.3 is 0 Å². The van der Waals surface area contributed by atoms with Gasteiger partial charge in [-0.1, -0.05) is 0 Å². The lowest BCUT2D eigenvalue weighted by molar-refractivity contribution is -0.385. The van der Waals surface area contributed by atoms with Crippen LogP contribution in [-0.2, 0) is 6.54 Å². The molecule has 1 N–H and O–H groups in total. The van der Waals surface area contributed by atoms with Gasteiger partial charge in [-0.05, 0) is 25.0 Å². The number of non-ortho nitro benzene ring substituents is 1. The van der Waals surface area contributed by atoms with E-state index < -0.39 is 10.7 Å². The predicted molar refractivity (Wildman–Crippen MR) is 86.6 cm³/mol. The number of anilines is 1. The number of hydrogen-bond acceptors (Lipinski definition) is 5. The van der Waals surface area contributed by atoms with Crippen LogP contribution in [-0.4, -0.2) is 39.5 Å². The molecular weight excluding hydrogens is 315 g/mol. The largest absolute Gasteiger partial charge is 0.394 e. The van der Waals surface area contributed by atoms with Gasteiger partial charge in [0.05, 0.1) is 29.8 Å². The third-order valence-corrected chi connectivity index (χ3v) is 4.46. The number of nitro benzene ring substituents is 1. The fraction of sp³-hybridized carbons (Fsp3) is 0.438. The summed E-state index contributed by atoms with van der Waals surface area (Å²) in [4.78, 5) is 12.0. The highest BCUT2D eigenvalue weighted by Gasteiger charge is 2.25. The number of rotatable bonds is 5. The molecule has 0 radical (unpaired) electrons. The van der Waals surface area contributed by atoms with Gasteiger partial charge in [0, 0.05) is 37.0 Å². The molecule has 128 valence electrons. The number of nitro groups is 1. The molecule has 2 aromatic rings. The standard InChI is InChI=1S/C16H19FN4O3/c17-14-11-13(21(23)24)1-2-16(14)19-7-4-12(5-8-19)15-3-6-18-20(15)9-10-22/h1-3,6,11-12,22H,4-5,7-10H2. The summed E-state index contributed by atoms with van der Waals surface area (Å²) in [5.74, 6) is -0.246. The summed E-state index contributed by atoms with van der Waals surface area (Å²) < 4.78 is 16.0. The van der Waals surface area contributed by atoms with Gasteiger partial charge in [-0.15, -0.1) is 0 Å². The van der Waals surface area contributed by atoms with Crippen LogP contribution in [0.3, 0.4) is 0 Å². The molecular formula is C16H19FN4O3. The zero-order chi connectivity index (χ0) is 17.1. The Hall–Kier alpha value is -2.48. The number of aromatic nitrogens is 2. The van der Waals surface area contributed by atoms with Gasteiger partial charge in [-0.3, -0.25) is 14.8 Å². The second-order valence-corrected chi connectivity index (χ2v) is 5.86. The van der Waals surface area contributed by atoms with Crippen molar-refractivity contribution in [3.05, 3.63) is 52.1 Å². The molecule has 0 bridgehead atoms. The fourth-order valence-electron chi connectivity index (χ4n) is 3.25. The fourth-order valence-corrected chi connectivity index (χ4v) is 3.25. The minimum absolute atomic E-state index is 0.0432. The topological polar surface area (TPSA) is 84.4 Å². The molecule has 1 aromatic heterocycles. The molecule has 0 atom stereocenters. The van der Waals surface area contributed by atoms with Crippen LogP contribution in [0.1, 0.15) is 24.5 Å². The zero-order valence-electron chi connectivity index (χ0n) is 13.1. The number of nitrogens with zero attached hydrogens (tertiary/aromatic N) is 4. The third-order valence-electron chi connectivity index (χ3n) is 4.46. The van der Waals surface area contributed by atoms with Gasteiger partial charge in [-0.25, -0.2) is 4.39 Å². The molecule has 1 saturated heterocycles. The Morgan fingerprint density at radius 2 is 2.08 bits per heavy atom. The molecule has 3 rings (SSSR count). The molecule has 0 saturated carbocycles. The summed E-state index contributed by atoms with van der Waals surface area (Å²) in [7, 11) is 0. The summed E-state index contributed by atoms with van der Waals surface area (Å²) >= 11 is 0. The predicted octanol–water partition coefficient (Wildman–Crippen LogP) is 2.31. The van der Waals surface area contributed by atoms with Crippen molar-refractivity contribution in [2.24, 2.45) is 0 Å². The first-order chi connectivity index (χ1) is 11.6. The lowest BCUT2D eigenvalue weighted by Gasteiger charge is -2.34. The SMILES string of the molecule is O=[N+]([O-])c1ccc(N2CCC(c3ccnn3CCO)CC2)c(F)c1. The minimum atomic E-state index is -0.596. The Bertz CT molecular complexity index is 726. The maximum Gasteiger partial charge on any atom is 0.272 e. The first kappa shape index (κ1) is 16.4. The smallest absolute Gasteiger partial charge is 0.272 e. The first-order valence-corrected chi connectivity index (χ1v) is 7.91. The molecule has 0 spiro atoms. The van der Waals surface area contributed by atoms with E-state index in [1.165, 1.54) is 12.1 Å². The highest BCUT2D eigenvalue weighted by molar-refractivity contribution is 5.52. The van der Waals surface area contributed by atoms with Crippen molar-refractivity contribution in [1.29, 1.82) is 0 Å². The van der Waals surface area contributed by atoms with Crippen molar-refractivity contribution >= 4 is 11.4 Å². The van der Waals surface area contributed by atoms with Crippen LogP contribution in [0.25, 0.3) is 0 Å². The van der Waals surface area contributed by atoms with Crippen LogP contribution in [0.5, 0.6) is 0 Å². The molecule has 24 heavy (non-hydrogen) atoms. The average molecular weight is 334 g/mol. The molecule has 2 heterocycles. The molecule has 1 aliphatic heterocycles. The Morgan fingerprint density at radius 1 is 1.33 bits per heavy atom. The van der Waals surface area contributed by atoms with Crippen LogP contribution < -0.4 is 4.90 Å². The maximum absolute atomic E-state index is 14.1. The second-order valence-electron chi connectivity index (χ2n) is 5.86. The number of piperidine rings is 1. The van der Waals surface area contributed by atoms with E-state index in [2.05, 4.69) is 5.10 Å². The summed E-state index contributed by atoms with van der Waals surface area (Å²) in [6.45, 7) is 1.86. The Kier molecular flexibility index (Phi) is 4.75. The Labute approximate surface area is 138 Å². The van der Waals surface area contributed by atoms with Crippen molar-refractivity contribution in [2.75, 3.05) is 24.6 Å². The molecule has 1 aliphatic rings. The monoisotopic (exact) mass is 334 g/mol. The van der Waals surface area contributed by atoms with Crippen LogP contribution in [0.4, 0.5) is 15.8 Å². The molecule has 1 fully saturated rings. The van der Waals surface area contributed by atoms with Gasteiger partial charge in [-0.2, -0.15) is 5.10 Å². The van der Waals surface area contributed by atoms with Crippen molar-refractivity contribution < 1.29 is 14.4 Å². The van der Waals surface area contributed by atoms with Crippen LogP contribution >= 0.6 is 0 Å². The molecule has 8 heteroatoms. The van der Waals surface area contributed by atoms with Gasteiger partial charge in [0.1, 0.15) is 0 Å². The van der Waals surface area contributed by atoms with Gasteiger partial charge < -0.3 is 10.0 Å². The summed E-state index contributed by atoms with van der Waals surface area (Å²) in [6, 6.07) is 5.74. The van der Waals surface area contributed by atoms with Gasteiger partial charge in [0.2, 0.25) is 0 Å². The number of hydrogen-bond donors (Lipinski definition) is 1. The lowest BCUT2D eigenvalue weighted by Crippen LogP contribution is -2.34. The van der Waals surface area contributed by atoms with Gasteiger partial charge in [0.15, 0.2) is 5.82 Å². The van der Waals surface area contributed by atoms with E-state index in [1.54, 1.807) is 6.20 Å². The van der Waals surface area contributed by atoms with Crippen LogP contribution in [0, 0.1) is 15.9 Å². The second kappa shape index (κ2) is 6.96. The minimum Gasteiger partial charge on any atom is -0.394 e. The Balaban J connectivity index is 1.69. The number of halogens is 1. The van der Waals surface area contributed by atoms with E-state index in [4.69, 9.17) is 5.11 Å². The molecule has 0 amide bonds. The molecule has 1 aromatic carbocycles. The van der Waals surface area contributed by atoms with E-state index in [-0.39, 0.29) is 12.3 Å². The summed E-state index contributed by atoms with van der Waals surface area (Å²) in [5.41, 5.74) is 1.26. The molecule has 0 aliphatic carbocycles. The normalized spacial score (nSPS) is 15.7. The van der Waals surface area contributed by atoms with E-state index in [9.17, 15) is 14.5 Å². The van der Waals surface area contributed by atoms with E-state index in [0.717, 1.165) is 24.6 Å². The number of aliphatic hydroxyl groups excluding tert-OH is 1. The maximum atomic E-state index is 14.1. The molecule has 7 nitrogen and oxygen atoms in total. The van der Waals surface area contributed by atoms with Crippen molar-refractivity contribution in [3.8, 4) is 0 Å². The highest BCUT2D eigenvalue weighted by Crippen LogP contribution is 2.32. The van der Waals surface area contributed by atoms with Crippen molar-refractivity contribution in [3.63, 3.8) is 0 Å². The van der Waals surface area contributed by atoms with E-state index in [0.29, 0.717) is 31.2 Å². The number of aliphatic hydroxyl groups is 1. The quantitative estimate of drug-likeness (QED) is 0.670. The van der Waals surface area contributed by atoms with Crippen LogP contribution in [0.2, 0.25) is 0 Å². The lowest BCUT2D eigenvalue weighted by atomic mass is 9.93. The van der Waals surface area contributed by atoms with Gasteiger partial charge in [0.25, 0.3) is 5.69 Å². The van der Waals surface area contributed by atoms with Crippen LogP contribution in [0.15, 0.2) is 30.5 Å². The Morgan fingerprint density at radius 3 is 2.71 bits per heavy atom. The van der Waals surface area contributed by atoms with E-state index in [1.807, 2.05) is 15.6 Å². The van der Waals surface area contributed by atoms with Crippen molar-refractivity contribution in [2.45, 2.75) is 25.3 Å². The third kappa shape index (κ3) is 3.23. The zero-order valence-corrected chi connectivity index (χ0v) is 13.1. The number of benzene rings is 1. The van der Waals surface area contributed by atoms with E-state index >= 15 is 0 Å². The highest BCUT2D eigenvalue weighted by atomic mass is 19.1. The van der Waals surface area contributed by atoms with Crippen molar-refractivity contribution in [1.82, 2.24) is 9.78 Å². The first-order valence-electron chi connectivity index (χ1n) is 7.91. The average Bonchev–Trinajstić information content (AvgIpc) is 3.03. The molecule has 0 unspecified atom stereocenters. The summed E-state index contributed by atoms with van der Waals surface area (Å²) in [5, 5.41) is 24.0.